The van der Waals surface area contributed by atoms with Crippen molar-refractivity contribution in [1.82, 2.24) is 5.32 Å². The fourth-order valence-corrected chi connectivity index (χ4v) is 5.54. The largest absolute Gasteiger partial charge is 0.454 e. The molecule has 1 aliphatic heterocycles. The second-order valence-electron chi connectivity index (χ2n) is 7.64. The van der Waals surface area contributed by atoms with Crippen LogP contribution in [0.1, 0.15) is 38.2 Å². The minimum absolute atomic E-state index is 0.164. The van der Waals surface area contributed by atoms with E-state index in [0.717, 1.165) is 31.2 Å². The lowest BCUT2D eigenvalue weighted by Gasteiger charge is -2.33. The quantitative estimate of drug-likeness (QED) is 0.423. The van der Waals surface area contributed by atoms with Crippen molar-refractivity contribution in [3.63, 3.8) is 0 Å². The number of thioether (sulfide) groups is 1. The molecule has 1 fully saturated rings. The van der Waals surface area contributed by atoms with E-state index in [-0.39, 0.29) is 17.7 Å². The van der Waals surface area contributed by atoms with Crippen LogP contribution >= 0.6 is 35.0 Å². The fraction of sp³-hybridized carbons (Fsp3) is 0.409. The lowest BCUT2D eigenvalue weighted by atomic mass is 9.87. The normalized spacial score (nSPS) is 18.8. The van der Waals surface area contributed by atoms with Gasteiger partial charge < -0.3 is 14.8 Å². The number of alkyl halides is 1. The smallest absolute Gasteiger partial charge is 0.235 e. The van der Waals surface area contributed by atoms with Crippen LogP contribution in [0.5, 0.6) is 11.5 Å². The van der Waals surface area contributed by atoms with Crippen molar-refractivity contribution >= 4 is 40.9 Å². The zero-order chi connectivity index (χ0) is 21.3. The van der Waals surface area contributed by atoms with Crippen LogP contribution < -0.4 is 14.8 Å². The van der Waals surface area contributed by atoms with E-state index in [0.29, 0.717) is 16.4 Å². The summed E-state index contributed by atoms with van der Waals surface area (Å²) in [4.78, 5) is 14.0. The number of carbonyl (C=O) groups excluding carboxylic acids is 1. The molecule has 2 atom stereocenters. The SMILES string of the molecule is CC(Cl)C(Sc1ccc(F)cc1Cl)C(=O)NC1(c2ccc3c(c2)OCO3)CCCC1. The maximum atomic E-state index is 13.4. The Kier molecular flexibility index (Phi) is 6.37. The number of amides is 1. The highest BCUT2D eigenvalue weighted by atomic mass is 35.5. The van der Waals surface area contributed by atoms with Crippen molar-refractivity contribution in [3.8, 4) is 11.5 Å². The van der Waals surface area contributed by atoms with Crippen LogP contribution in [0.4, 0.5) is 4.39 Å². The third-order valence-corrected chi connectivity index (χ3v) is 7.88. The van der Waals surface area contributed by atoms with Gasteiger partial charge in [0.1, 0.15) is 11.1 Å². The molecule has 1 aliphatic carbocycles. The molecule has 0 aromatic heterocycles. The van der Waals surface area contributed by atoms with Gasteiger partial charge >= 0.3 is 0 Å². The van der Waals surface area contributed by atoms with Crippen LogP contribution in [0.25, 0.3) is 0 Å². The van der Waals surface area contributed by atoms with E-state index in [1.807, 2.05) is 18.2 Å². The van der Waals surface area contributed by atoms with Crippen molar-refractivity contribution in [3.05, 3.63) is 52.8 Å². The third-order valence-electron chi connectivity index (χ3n) is 5.57. The van der Waals surface area contributed by atoms with E-state index in [1.165, 1.54) is 23.9 Å². The molecule has 2 aromatic rings. The van der Waals surface area contributed by atoms with Gasteiger partial charge in [-0.25, -0.2) is 4.39 Å². The van der Waals surface area contributed by atoms with Crippen LogP contribution in [0, 0.1) is 5.82 Å². The van der Waals surface area contributed by atoms with Crippen LogP contribution in [0.2, 0.25) is 5.02 Å². The number of fused-ring (bicyclic) bond motifs is 1. The molecule has 1 N–H and O–H groups in total. The highest BCUT2D eigenvalue weighted by Crippen LogP contribution is 2.43. The minimum Gasteiger partial charge on any atom is -0.454 e. The zero-order valence-electron chi connectivity index (χ0n) is 16.4. The first kappa shape index (κ1) is 21.6. The molecule has 0 saturated heterocycles. The molecule has 4 nitrogen and oxygen atoms in total. The Labute approximate surface area is 189 Å². The fourth-order valence-electron chi connectivity index (χ4n) is 4.03. The number of hydrogen-bond donors (Lipinski definition) is 1. The van der Waals surface area contributed by atoms with Crippen molar-refractivity contribution in [1.29, 1.82) is 0 Å². The number of carbonyl (C=O) groups is 1. The van der Waals surface area contributed by atoms with E-state index >= 15 is 0 Å². The molecular formula is C22H22Cl2FNO3S. The third kappa shape index (κ3) is 4.36. The van der Waals surface area contributed by atoms with E-state index in [9.17, 15) is 9.18 Å². The second-order valence-corrected chi connectivity index (χ2v) is 9.92. The van der Waals surface area contributed by atoms with Gasteiger partial charge in [0, 0.05) is 4.90 Å². The van der Waals surface area contributed by atoms with Gasteiger partial charge in [-0.15, -0.1) is 23.4 Å². The van der Waals surface area contributed by atoms with Crippen LogP contribution in [0.3, 0.4) is 0 Å². The number of nitrogens with one attached hydrogen (secondary N) is 1. The molecule has 4 rings (SSSR count). The Morgan fingerprint density at radius 1 is 1.17 bits per heavy atom. The highest BCUT2D eigenvalue weighted by Gasteiger charge is 2.40. The summed E-state index contributed by atoms with van der Waals surface area (Å²) in [6.45, 7) is 1.98. The molecule has 1 saturated carbocycles. The molecule has 30 heavy (non-hydrogen) atoms. The van der Waals surface area contributed by atoms with Gasteiger partial charge in [-0.1, -0.05) is 30.5 Å². The molecule has 160 valence electrons. The van der Waals surface area contributed by atoms with Gasteiger partial charge in [-0.3, -0.25) is 4.79 Å². The monoisotopic (exact) mass is 469 g/mol. The van der Waals surface area contributed by atoms with E-state index in [1.54, 1.807) is 13.0 Å². The Hall–Kier alpha value is -1.63. The Balaban J connectivity index is 1.58. The van der Waals surface area contributed by atoms with Crippen LogP contribution in [-0.4, -0.2) is 23.3 Å². The number of benzene rings is 2. The lowest BCUT2D eigenvalue weighted by Crippen LogP contribution is -2.49. The lowest BCUT2D eigenvalue weighted by molar-refractivity contribution is -0.122. The van der Waals surface area contributed by atoms with Crippen LogP contribution in [0.15, 0.2) is 41.3 Å². The Morgan fingerprint density at radius 2 is 1.90 bits per heavy atom. The minimum atomic E-state index is -0.582. The summed E-state index contributed by atoms with van der Waals surface area (Å²) < 4.78 is 24.3. The average Bonchev–Trinajstić information content (AvgIpc) is 3.36. The number of hydrogen-bond acceptors (Lipinski definition) is 4. The summed E-state index contributed by atoms with van der Waals surface area (Å²) >= 11 is 13.8. The summed E-state index contributed by atoms with van der Waals surface area (Å²) in [6, 6.07) is 9.97. The molecule has 8 heteroatoms. The molecule has 2 aromatic carbocycles. The van der Waals surface area contributed by atoms with Gasteiger partial charge in [0.25, 0.3) is 0 Å². The van der Waals surface area contributed by atoms with Gasteiger partial charge in [-0.05, 0) is 55.7 Å². The van der Waals surface area contributed by atoms with Gasteiger partial charge in [0.05, 0.1) is 15.9 Å². The number of rotatable bonds is 6. The summed E-state index contributed by atoms with van der Waals surface area (Å²) in [5, 5.41) is 2.51. The molecule has 0 radical (unpaired) electrons. The van der Waals surface area contributed by atoms with E-state index < -0.39 is 22.0 Å². The summed E-state index contributed by atoms with van der Waals surface area (Å²) in [5.74, 6) is 0.828. The van der Waals surface area contributed by atoms with Gasteiger partial charge in [-0.2, -0.15) is 0 Å². The van der Waals surface area contributed by atoms with Crippen molar-refractivity contribution in [2.45, 2.75) is 53.7 Å². The predicted molar refractivity (Wildman–Crippen MR) is 117 cm³/mol. The standard InChI is InChI=1S/C22H22Cl2FNO3S/c1-13(23)20(30-19-7-5-15(25)11-16(19)24)21(27)26-22(8-2-3-9-22)14-4-6-17-18(10-14)29-12-28-17/h4-7,10-11,13,20H,2-3,8-9,12H2,1H3,(H,26,27). The number of ether oxygens (including phenoxy) is 2. The van der Waals surface area contributed by atoms with E-state index in [2.05, 4.69) is 5.32 Å². The molecule has 2 unspecified atom stereocenters. The Morgan fingerprint density at radius 3 is 2.60 bits per heavy atom. The molecule has 1 heterocycles. The molecule has 1 amide bonds. The summed E-state index contributed by atoms with van der Waals surface area (Å²) in [6.07, 6.45) is 3.72. The molecule has 2 aliphatic rings. The molecule has 0 spiro atoms. The maximum absolute atomic E-state index is 13.4. The van der Waals surface area contributed by atoms with Gasteiger partial charge in [0.2, 0.25) is 12.7 Å². The number of halogens is 3. The van der Waals surface area contributed by atoms with Crippen molar-refractivity contribution in [2.24, 2.45) is 0 Å². The maximum Gasteiger partial charge on any atom is 0.235 e. The first-order valence-electron chi connectivity index (χ1n) is 9.86. The zero-order valence-corrected chi connectivity index (χ0v) is 18.7. The summed E-state index contributed by atoms with van der Waals surface area (Å²) in [5.41, 5.74) is 0.526. The van der Waals surface area contributed by atoms with E-state index in [4.69, 9.17) is 32.7 Å². The highest BCUT2D eigenvalue weighted by molar-refractivity contribution is 8.00. The van der Waals surface area contributed by atoms with Gasteiger partial charge in [0.15, 0.2) is 11.5 Å². The second kappa shape index (κ2) is 8.85. The van der Waals surface area contributed by atoms with Crippen molar-refractivity contribution in [2.75, 3.05) is 6.79 Å². The van der Waals surface area contributed by atoms with Crippen LogP contribution in [-0.2, 0) is 10.3 Å². The van der Waals surface area contributed by atoms with Crippen molar-refractivity contribution < 1.29 is 18.7 Å². The first-order chi connectivity index (χ1) is 14.4. The first-order valence-corrected chi connectivity index (χ1v) is 11.6. The molecule has 0 bridgehead atoms. The summed E-state index contributed by atoms with van der Waals surface area (Å²) in [7, 11) is 0. The Bertz CT molecular complexity index is 950. The predicted octanol–water partition coefficient (Wildman–Crippen LogP) is 5.88. The average molecular weight is 470 g/mol. The molecular weight excluding hydrogens is 448 g/mol. The topological polar surface area (TPSA) is 47.6 Å².